The molecule has 23 heavy (non-hydrogen) atoms. The Morgan fingerprint density at radius 1 is 1.13 bits per heavy atom. The Morgan fingerprint density at radius 2 is 1.83 bits per heavy atom. The molecule has 3 atom stereocenters. The first-order valence-electron chi connectivity index (χ1n) is 14.5. The van der Waals surface area contributed by atoms with Gasteiger partial charge in [-0.2, -0.15) is 0 Å². The largest absolute Gasteiger partial charge is 0.353 e. The fourth-order valence-electron chi connectivity index (χ4n) is 3.18. The van der Waals surface area contributed by atoms with E-state index in [0.29, 0.717) is 17.7 Å². The molecule has 0 N–H and O–H groups in total. The van der Waals surface area contributed by atoms with E-state index in [9.17, 15) is 1.37 Å². The van der Waals surface area contributed by atoms with Crippen LogP contribution >= 0.6 is 12.2 Å². The highest BCUT2D eigenvalue weighted by atomic mass is 32.1. The quantitative estimate of drug-likeness (QED) is 0.679. The summed E-state index contributed by atoms with van der Waals surface area (Å²) in [4.78, 5) is 0.440. The first-order valence-corrected chi connectivity index (χ1v) is 7.83. The molecule has 0 radical (unpaired) electrons. The molecule has 0 amide bonds. The van der Waals surface area contributed by atoms with Gasteiger partial charge in [-0.3, -0.25) is 0 Å². The minimum Gasteiger partial charge on any atom is -0.353 e. The summed E-state index contributed by atoms with van der Waals surface area (Å²) in [5, 5.41) is 0. The van der Waals surface area contributed by atoms with Crippen LogP contribution in [0.3, 0.4) is 0 Å². The van der Waals surface area contributed by atoms with Crippen LogP contribution in [0.15, 0.2) is 60.4 Å². The maximum Gasteiger partial charge on any atom is 0.0874 e. The average molecular weight is 336 g/mol. The number of hydrogen-bond donors (Lipinski definition) is 0. The van der Waals surface area contributed by atoms with Gasteiger partial charge in [0, 0.05) is 13.3 Å². The van der Waals surface area contributed by atoms with Gasteiger partial charge in [0.1, 0.15) is 0 Å². The van der Waals surface area contributed by atoms with Crippen LogP contribution in [0.25, 0.3) is 0 Å². The summed E-state index contributed by atoms with van der Waals surface area (Å²) in [6.07, 6.45) is 0.478. The van der Waals surface area contributed by atoms with Crippen molar-refractivity contribution in [1.82, 2.24) is 4.90 Å². The topological polar surface area (TPSA) is 3.24 Å². The van der Waals surface area contributed by atoms with Crippen LogP contribution in [0.5, 0.6) is 0 Å². The van der Waals surface area contributed by atoms with E-state index in [0.717, 1.165) is 0 Å². The molecule has 4 rings (SSSR count). The predicted octanol–water partition coefficient (Wildman–Crippen LogP) is 5.52. The zero-order valence-electron chi connectivity index (χ0n) is 26.3. The van der Waals surface area contributed by atoms with E-state index in [1.54, 1.807) is 0 Å². The smallest absolute Gasteiger partial charge is 0.0874 e. The van der Waals surface area contributed by atoms with Crippen LogP contribution in [0.1, 0.15) is 68.4 Å². The van der Waals surface area contributed by atoms with Crippen molar-refractivity contribution in [2.45, 2.75) is 44.6 Å². The average Bonchev–Trinajstić information content (AvgIpc) is 2.83. The van der Waals surface area contributed by atoms with Crippen molar-refractivity contribution in [3.8, 4) is 0 Å². The maximum absolute atomic E-state index is 9.66. The van der Waals surface area contributed by atoms with E-state index in [4.69, 9.17) is 30.0 Å². The molecule has 2 aromatic rings. The molecule has 1 spiro atoms. The number of rotatable bonds is 3. The minimum atomic E-state index is -3.03. The summed E-state index contributed by atoms with van der Waals surface area (Å²) in [6.45, 7) is -3.03. The van der Waals surface area contributed by atoms with Gasteiger partial charge in [-0.15, -0.1) is 0 Å². The second-order valence-electron chi connectivity index (χ2n) is 5.52. The lowest BCUT2D eigenvalue weighted by Crippen LogP contribution is -2.62. The zero-order chi connectivity index (χ0) is 28.0. The van der Waals surface area contributed by atoms with Crippen molar-refractivity contribution < 1.29 is 19.2 Å². The summed E-state index contributed by atoms with van der Waals surface area (Å²) in [6, 6.07) is -10.2. The van der Waals surface area contributed by atoms with Gasteiger partial charge in [-0.1, -0.05) is 91.9 Å². The van der Waals surface area contributed by atoms with Gasteiger partial charge in [0.2, 0.25) is 0 Å². The molecular weight excluding hydrogens is 298 g/mol. The Balaban J connectivity index is 2.10. The lowest BCUT2D eigenvalue weighted by molar-refractivity contribution is 0.0460. The second-order valence-corrected chi connectivity index (χ2v) is 5.91. The van der Waals surface area contributed by atoms with Crippen molar-refractivity contribution in [3.63, 3.8) is 0 Å². The Labute approximate surface area is 164 Å². The third-order valence-corrected chi connectivity index (χ3v) is 4.76. The van der Waals surface area contributed by atoms with E-state index >= 15 is 0 Å². The predicted molar refractivity (Wildman–Crippen MR) is 99.3 cm³/mol. The van der Waals surface area contributed by atoms with Gasteiger partial charge < -0.3 is 4.90 Å². The molecule has 1 aliphatic heterocycles. The molecule has 1 unspecified atom stereocenters. The Morgan fingerprint density at radius 3 is 2.52 bits per heavy atom. The van der Waals surface area contributed by atoms with E-state index in [-0.39, 0.29) is 17.8 Å². The first-order chi connectivity index (χ1) is 17.0. The number of likely N-dealkylation sites (tertiary alicyclic amines) is 1. The zero-order valence-corrected chi connectivity index (χ0v) is 13.1. The lowest BCUT2D eigenvalue weighted by atomic mass is 9.60. The molecule has 1 nitrogen and oxygen atoms in total. The number of nitrogens with zero attached hydrogens (tertiary/aromatic N) is 1. The molecule has 118 valence electrons. The number of thiocarbonyl (C=S) groups is 1. The van der Waals surface area contributed by atoms with Gasteiger partial charge in [0.25, 0.3) is 0 Å². The molecule has 1 saturated carbocycles. The van der Waals surface area contributed by atoms with Crippen LogP contribution in [0.4, 0.5) is 0 Å². The highest BCUT2D eigenvalue weighted by molar-refractivity contribution is 7.80. The molecular formula is C21H23NS. The van der Waals surface area contributed by atoms with Crippen molar-refractivity contribution in [2.24, 2.45) is 5.41 Å². The lowest BCUT2D eigenvalue weighted by Gasteiger charge is -2.61. The van der Waals surface area contributed by atoms with Gasteiger partial charge in [-0.05, 0) is 23.9 Å². The van der Waals surface area contributed by atoms with Crippen molar-refractivity contribution in [3.05, 3.63) is 71.6 Å². The van der Waals surface area contributed by atoms with E-state index in [1.165, 1.54) is 0 Å². The number of benzene rings is 2. The Hall–Kier alpha value is -1.67. The van der Waals surface area contributed by atoms with Crippen molar-refractivity contribution in [1.29, 1.82) is 0 Å². The summed E-state index contributed by atoms with van der Waals surface area (Å²) in [5.74, 6) is 0. The van der Waals surface area contributed by atoms with Crippen LogP contribution in [-0.4, -0.2) is 9.89 Å². The van der Waals surface area contributed by atoms with Gasteiger partial charge in [-0.25, -0.2) is 0 Å². The molecule has 2 aliphatic rings. The van der Waals surface area contributed by atoms with E-state index in [2.05, 4.69) is 0 Å². The summed E-state index contributed by atoms with van der Waals surface area (Å²) in [5.41, 5.74) is -2.96. The SMILES string of the molecule is [2H]c1c([2H])c([2H])c(C([2H])([2H])N2C(=S)C3(CCCC[C@@H]3[2H])[C@]2([2H])c2c([2H])c([2H])c([2H])c([2H])c2[2H])c([2H])c1[2H]. The molecule has 2 heteroatoms. The Kier molecular flexibility index (Phi) is 1.59. The normalized spacial score (nSPS) is 42.7. The van der Waals surface area contributed by atoms with Crippen LogP contribution in [-0.2, 0) is 6.50 Å². The minimum absolute atomic E-state index is 0.124. The van der Waals surface area contributed by atoms with Gasteiger partial charge in [0.15, 0.2) is 0 Å². The van der Waals surface area contributed by atoms with Gasteiger partial charge >= 0.3 is 0 Å². The van der Waals surface area contributed by atoms with Crippen LogP contribution in [0.2, 0.25) is 0 Å². The second kappa shape index (κ2) is 6.09. The molecule has 0 aromatic heterocycles. The summed E-state index contributed by atoms with van der Waals surface area (Å²) in [7, 11) is 0. The van der Waals surface area contributed by atoms with Crippen LogP contribution < -0.4 is 0 Å². The monoisotopic (exact) mass is 335 g/mol. The molecule has 0 bridgehead atoms. The highest BCUT2D eigenvalue weighted by Crippen LogP contribution is 2.58. The number of hydrogen-bond acceptors (Lipinski definition) is 1. The molecule has 1 aliphatic carbocycles. The third kappa shape index (κ3) is 2.49. The van der Waals surface area contributed by atoms with E-state index in [1.807, 2.05) is 0 Å². The summed E-state index contributed by atoms with van der Waals surface area (Å²) >= 11 is 5.61. The van der Waals surface area contributed by atoms with Gasteiger partial charge in [0.05, 0.1) is 28.8 Å². The molecule has 2 fully saturated rings. The maximum atomic E-state index is 9.66. The third-order valence-electron chi connectivity index (χ3n) is 4.21. The van der Waals surface area contributed by atoms with Crippen molar-refractivity contribution >= 4 is 17.2 Å². The summed E-state index contributed by atoms with van der Waals surface area (Å²) < 4.78 is 118. The molecule has 2 aromatic carbocycles. The van der Waals surface area contributed by atoms with Crippen molar-refractivity contribution in [2.75, 3.05) is 0 Å². The fraction of sp³-hybridized carbons (Fsp3) is 0.381. The Bertz CT molecular complexity index is 1290. The molecule has 1 saturated heterocycles. The molecule has 1 heterocycles. The highest BCUT2D eigenvalue weighted by Gasteiger charge is 2.57. The standard InChI is InChI=1S/C21H23NS/c23-20-21(14-8-3-9-15-21)19(18-12-6-2-7-13-18)22(20)16-17-10-4-1-5-11-17/h1-2,4-7,10-13,19H,3,8-9,14-16H2/t19-/m0/s1/i1D,2D,4D,5D,6D,7D,10D,11D,12D,13D,14D,16D2,19D/t14-,19-,21?. The van der Waals surface area contributed by atoms with E-state index < -0.39 is 95.9 Å². The fourth-order valence-corrected chi connectivity index (χ4v) is 3.60. The first kappa shape index (κ1) is 6.00. The van der Waals surface area contributed by atoms with Crippen LogP contribution in [0, 0.1) is 5.41 Å².